The van der Waals surface area contributed by atoms with Crippen molar-refractivity contribution in [2.45, 2.75) is 20.3 Å². The molecule has 2 amide bonds. The zero-order valence-electron chi connectivity index (χ0n) is 12.7. The second kappa shape index (κ2) is 4.56. The first-order valence-electron chi connectivity index (χ1n) is 7.16. The van der Waals surface area contributed by atoms with E-state index in [-0.39, 0.29) is 11.8 Å². The number of carbonyl (C=O) groups excluding carboxylic acids is 2. The molecule has 2 aliphatic rings. The predicted octanol–water partition coefficient (Wildman–Crippen LogP) is 1.50. The number of nitrogens with one attached hydrogen (secondary N) is 1. The van der Waals surface area contributed by atoms with Gasteiger partial charge in [0.2, 0.25) is 11.8 Å². The van der Waals surface area contributed by atoms with Crippen LogP contribution in [-0.4, -0.2) is 29.9 Å². The molecule has 22 heavy (non-hydrogen) atoms. The zero-order chi connectivity index (χ0) is 16.2. The second-order valence-corrected chi connectivity index (χ2v) is 6.58. The lowest BCUT2D eigenvalue weighted by Gasteiger charge is -2.11. The molecular formula is C16H18N2O4. The molecule has 0 spiro atoms. The second-order valence-electron chi connectivity index (χ2n) is 6.58. The van der Waals surface area contributed by atoms with Gasteiger partial charge in [0.25, 0.3) is 0 Å². The van der Waals surface area contributed by atoms with E-state index < -0.39 is 23.2 Å². The average molecular weight is 302 g/mol. The van der Waals surface area contributed by atoms with Crippen LogP contribution in [0.5, 0.6) is 0 Å². The summed E-state index contributed by atoms with van der Waals surface area (Å²) < 4.78 is 0. The minimum atomic E-state index is -0.939. The smallest absolute Gasteiger partial charge is 0.307 e. The fraction of sp³-hybridized carbons (Fsp3) is 0.438. The molecule has 1 aliphatic heterocycles. The van der Waals surface area contributed by atoms with Gasteiger partial charge in [-0.1, -0.05) is 13.8 Å². The van der Waals surface area contributed by atoms with Gasteiger partial charge in [-0.25, -0.2) is 0 Å². The first-order chi connectivity index (χ1) is 10.2. The minimum Gasteiger partial charge on any atom is -0.481 e. The van der Waals surface area contributed by atoms with Gasteiger partial charge < -0.3 is 15.3 Å². The highest BCUT2D eigenvalue weighted by Gasteiger charge is 2.65. The lowest BCUT2D eigenvalue weighted by atomic mass is 10.1. The Morgan fingerprint density at radius 2 is 2.00 bits per heavy atom. The average Bonchev–Trinajstić information content (AvgIpc) is 2.90. The highest BCUT2D eigenvalue weighted by Crippen LogP contribution is 2.58. The third-order valence-corrected chi connectivity index (χ3v) is 4.80. The molecule has 3 rings (SSSR count). The molecule has 0 bridgehead atoms. The molecule has 1 fully saturated rings. The number of carboxylic acids is 1. The number of aliphatic carboxylic acids is 1. The number of fused-ring (bicyclic) bond motifs is 1. The number of nitrogens with zero attached hydrogens (tertiary/aromatic N) is 1. The maximum Gasteiger partial charge on any atom is 0.307 e. The summed E-state index contributed by atoms with van der Waals surface area (Å²) in [7, 11) is 1.72. The SMILES string of the molecule is CN1C(=O)Cc2cc(NC(=O)[C@@H]3[C@H](C(=O)O)C3(C)C)ccc21. The summed E-state index contributed by atoms with van der Waals surface area (Å²) >= 11 is 0. The van der Waals surface area contributed by atoms with Crippen molar-refractivity contribution in [2.24, 2.45) is 17.3 Å². The third kappa shape index (κ3) is 2.06. The van der Waals surface area contributed by atoms with Gasteiger partial charge in [0, 0.05) is 18.4 Å². The largest absolute Gasteiger partial charge is 0.481 e. The first-order valence-corrected chi connectivity index (χ1v) is 7.16. The number of amides is 2. The number of carboxylic acid groups (broad SMARTS) is 1. The highest BCUT2D eigenvalue weighted by atomic mass is 16.4. The van der Waals surface area contributed by atoms with Crippen molar-refractivity contribution in [1.82, 2.24) is 0 Å². The van der Waals surface area contributed by atoms with E-state index in [2.05, 4.69) is 5.32 Å². The third-order valence-electron chi connectivity index (χ3n) is 4.80. The van der Waals surface area contributed by atoms with Crippen LogP contribution < -0.4 is 10.2 Å². The fourth-order valence-electron chi connectivity index (χ4n) is 3.36. The molecule has 1 aromatic rings. The van der Waals surface area contributed by atoms with Crippen LogP contribution in [0.2, 0.25) is 0 Å². The van der Waals surface area contributed by atoms with Crippen LogP contribution in [0.3, 0.4) is 0 Å². The molecule has 1 aromatic carbocycles. The van der Waals surface area contributed by atoms with E-state index in [4.69, 9.17) is 5.11 Å². The molecule has 0 saturated heterocycles. The van der Waals surface area contributed by atoms with Crippen molar-refractivity contribution in [1.29, 1.82) is 0 Å². The van der Waals surface area contributed by atoms with Crippen LogP contribution in [-0.2, 0) is 20.8 Å². The molecule has 0 unspecified atom stereocenters. The summed E-state index contributed by atoms with van der Waals surface area (Å²) in [6.45, 7) is 3.57. The van der Waals surface area contributed by atoms with Crippen molar-refractivity contribution >= 4 is 29.2 Å². The van der Waals surface area contributed by atoms with Gasteiger partial charge in [-0.05, 0) is 29.2 Å². The molecule has 2 N–H and O–H groups in total. The number of hydrogen-bond acceptors (Lipinski definition) is 3. The molecular weight excluding hydrogens is 284 g/mol. The Kier molecular flexibility index (Phi) is 3.02. The molecule has 6 nitrogen and oxygen atoms in total. The van der Waals surface area contributed by atoms with Crippen LogP contribution in [0, 0.1) is 17.3 Å². The summed E-state index contributed by atoms with van der Waals surface area (Å²) in [6.07, 6.45) is 0.322. The van der Waals surface area contributed by atoms with Gasteiger partial charge in [0.15, 0.2) is 0 Å². The van der Waals surface area contributed by atoms with E-state index in [0.717, 1.165) is 11.3 Å². The lowest BCUT2D eigenvalue weighted by Crippen LogP contribution is -2.20. The maximum atomic E-state index is 12.3. The van der Waals surface area contributed by atoms with Crippen molar-refractivity contribution in [2.75, 3.05) is 17.3 Å². The Bertz CT molecular complexity index is 695. The van der Waals surface area contributed by atoms with E-state index in [1.54, 1.807) is 44.0 Å². The summed E-state index contributed by atoms with van der Waals surface area (Å²) in [5.74, 6) is -2.37. The van der Waals surface area contributed by atoms with Crippen molar-refractivity contribution in [3.05, 3.63) is 23.8 Å². The summed E-state index contributed by atoms with van der Waals surface area (Å²) in [5, 5.41) is 11.9. The topological polar surface area (TPSA) is 86.7 Å². The van der Waals surface area contributed by atoms with E-state index in [0.29, 0.717) is 12.1 Å². The number of likely N-dealkylation sites (N-methyl/N-ethyl adjacent to an activating group) is 1. The van der Waals surface area contributed by atoms with Crippen molar-refractivity contribution in [3.8, 4) is 0 Å². The molecule has 1 heterocycles. The number of rotatable bonds is 3. The fourth-order valence-corrected chi connectivity index (χ4v) is 3.36. The van der Waals surface area contributed by atoms with Crippen molar-refractivity contribution in [3.63, 3.8) is 0 Å². The van der Waals surface area contributed by atoms with Crippen molar-refractivity contribution < 1.29 is 19.5 Å². The molecule has 1 saturated carbocycles. The number of hydrogen-bond donors (Lipinski definition) is 2. The van der Waals surface area contributed by atoms with Crippen LogP contribution in [0.15, 0.2) is 18.2 Å². The Morgan fingerprint density at radius 3 is 2.59 bits per heavy atom. The summed E-state index contributed by atoms with van der Waals surface area (Å²) in [5.41, 5.74) is 1.79. The zero-order valence-corrected chi connectivity index (χ0v) is 12.7. The molecule has 6 heteroatoms. The number of benzene rings is 1. The van der Waals surface area contributed by atoms with E-state index in [1.807, 2.05) is 0 Å². The Morgan fingerprint density at radius 1 is 1.32 bits per heavy atom. The quantitative estimate of drug-likeness (QED) is 0.886. The van der Waals surface area contributed by atoms with Gasteiger partial charge >= 0.3 is 5.97 Å². The van der Waals surface area contributed by atoms with Crippen LogP contribution >= 0.6 is 0 Å². The summed E-state index contributed by atoms with van der Waals surface area (Å²) in [6, 6.07) is 5.30. The highest BCUT2D eigenvalue weighted by molar-refractivity contribution is 6.03. The standard InChI is InChI=1S/C16H18N2O4/c1-16(2)12(13(16)15(21)22)14(20)17-9-4-5-10-8(6-9)7-11(19)18(10)3/h4-6,12-13H,7H2,1-3H3,(H,17,20)(H,21,22)/t12-,13+/m0/s1. The lowest BCUT2D eigenvalue weighted by molar-refractivity contribution is -0.140. The monoisotopic (exact) mass is 302 g/mol. The van der Waals surface area contributed by atoms with Gasteiger partial charge in [-0.3, -0.25) is 14.4 Å². The molecule has 0 radical (unpaired) electrons. The Labute approximate surface area is 128 Å². The van der Waals surface area contributed by atoms with Gasteiger partial charge in [0.05, 0.1) is 18.3 Å². The van der Waals surface area contributed by atoms with Crippen LogP contribution in [0.4, 0.5) is 11.4 Å². The van der Waals surface area contributed by atoms with E-state index >= 15 is 0 Å². The van der Waals surface area contributed by atoms with E-state index in [9.17, 15) is 14.4 Å². The Balaban J connectivity index is 1.76. The molecule has 1 aliphatic carbocycles. The van der Waals surface area contributed by atoms with Gasteiger partial charge in [-0.15, -0.1) is 0 Å². The minimum absolute atomic E-state index is 0.0211. The molecule has 116 valence electrons. The first kappa shape index (κ1) is 14.6. The maximum absolute atomic E-state index is 12.3. The number of anilines is 2. The van der Waals surface area contributed by atoms with Crippen LogP contribution in [0.1, 0.15) is 19.4 Å². The van der Waals surface area contributed by atoms with E-state index in [1.165, 1.54) is 0 Å². The van der Waals surface area contributed by atoms with Gasteiger partial charge in [-0.2, -0.15) is 0 Å². The van der Waals surface area contributed by atoms with Crippen LogP contribution in [0.25, 0.3) is 0 Å². The Hall–Kier alpha value is -2.37. The summed E-state index contributed by atoms with van der Waals surface area (Å²) in [4.78, 5) is 36.7. The predicted molar refractivity (Wildman–Crippen MR) is 80.6 cm³/mol. The molecule has 0 aromatic heterocycles. The molecule has 2 atom stereocenters. The normalized spacial score (nSPS) is 24.9. The number of carbonyl (C=O) groups is 3. The van der Waals surface area contributed by atoms with Gasteiger partial charge in [0.1, 0.15) is 0 Å².